The average Bonchev–Trinajstić information content (AvgIpc) is 2.22. The van der Waals surface area contributed by atoms with E-state index in [1.54, 1.807) is 12.1 Å². The van der Waals surface area contributed by atoms with E-state index in [2.05, 4.69) is 18.8 Å². The molecule has 1 aromatic heterocycles. The van der Waals surface area contributed by atoms with E-state index in [1.807, 2.05) is 6.92 Å². The first-order valence-corrected chi connectivity index (χ1v) is 5.65. The molecule has 1 heterocycles. The molecule has 0 aliphatic carbocycles. The summed E-state index contributed by atoms with van der Waals surface area (Å²) in [5, 5.41) is 0. The number of hydrogen-bond acceptors (Lipinski definition) is 4. The van der Waals surface area contributed by atoms with Gasteiger partial charge in [-0.05, 0) is 25.3 Å². The minimum absolute atomic E-state index is 0.449. The van der Waals surface area contributed by atoms with E-state index in [1.165, 1.54) is 0 Å². The molecule has 0 fully saturated rings. The summed E-state index contributed by atoms with van der Waals surface area (Å²) in [4.78, 5) is 4.19. The van der Waals surface area contributed by atoms with Crippen LogP contribution in [0, 0.1) is 5.92 Å². The number of nitrogens with zero attached hydrogens (tertiary/aromatic N) is 1. The van der Waals surface area contributed by atoms with Gasteiger partial charge in [0.25, 0.3) is 0 Å². The Kier molecular flexibility index (Phi) is 4.89. The number of nitrogens with two attached hydrogens (primary N) is 1. The second-order valence-electron chi connectivity index (χ2n) is 4.01. The van der Waals surface area contributed by atoms with Gasteiger partial charge in [-0.3, -0.25) is 0 Å². The van der Waals surface area contributed by atoms with Crippen LogP contribution < -0.4 is 15.2 Å². The SMILES string of the molecule is CCOc1nc(OCCC(C)C)ccc1N. The van der Waals surface area contributed by atoms with Crippen LogP contribution in [0.2, 0.25) is 0 Å². The Balaban J connectivity index is 2.56. The van der Waals surface area contributed by atoms with Gasteiger partial charge in [0.05, 0.1) is 18.9 Å². The summed E-state index contributed by atoms with van der Waals surface area (Å²) in [6, 6.07) is 3.51. The summed E-state index contributed by atoms with van der Waals surface area (Å²) in [5.41, 5.74) is 6.25. The number of anilines is 1. The highest BCUT2D eigenvalue weighted by molar-refractivity contribution is 5.49. The third kappa shape index (κ3) is 3.96. The lowest BCUT2D eigenvalue weighted by atomic mass is 10.1. The van der Waals surface area contributed by atoms with Crippen molar-refractivity contribution in [2.45, 2.75) is 27.2 Å². The first-order chi connectivity index (χ1) is 7.63. The molecule has 90 valence electrons. The first kappa shape index (κ1) is 12.6. The highest BCUT2D eigenvalue weighted by atomic mass is 16.5. The Morgan fingerprint density at radius 2 is 2.06 bits per heavy atom. The molecule has 0 saturated heterocycles. The van der Waals surface area contributed by atoms with E-state index < -0.39 is 0 Å². The van der Waals surface area contributed by atoms with E-state index in [9.17, 15) is 0 Å². The maximum absolute atomic E-state index is 5.71. The molecule has 4 heteroatoms. The van der Waals surface area contributed by atoms with Gasteiger partial charge in [0.1, 0.15) is 0 Å². The minimum Gasteiger partial charge on any atom is -0.478 e. The molecule has 0 aliphatic rings. The minimum atomic E-state index is 0.449. The molecule has 4 nitrogen and oxygen atoms in total. The first-order valence-electron chi connectivity index (χ1n) is 5.65. The van der Waals surface area contributed by atoms with Crippen LogP contribution in [0.3, 0.4) is 0 Å². The van der Waals surface area contributed by atoms with Crippen LogP contribution in [0.1, 0.15) is 27.2 Å². The smallest absolute Gasteiger partial charge is 0.240 e. The number of pyridine rings is 1. The molecular weight excluding hydrogens is 204 g/mol. The molecule has 0 saturated carbocycles. The summed E-state index contributed by atoms with van der Waals surface area (Å²) >= 11 is 0. The second kappa shape index (κ2) is 6.20. The number of rotatable bonds is 6. The van der Waals surface area contributed by atoms with Gasteiger partial charge in [0, 0.05) is 6.07 Å². The van der Waals surface area contributed by atoms with E-state index >= 15 is 0 Å². The molecule has 1 rings (SSSR count). The third-order valence-corrected chi connectivity index (χ3v) is 2.09. The van der Waals surface area contributed by atoms with Gasteiger partial charge < -0.3 is 15.2 Å². The Labute approximate surface area is 96.8 Å². The zero-order valence-electron chi connectivity index (χ0n) is 10.2. The molecule has 0 aliphatic heterocycles. The number of nitrogen functional groups attached to an aromatic ring is 1. The van der Waals surface area contributed by atoms with Crippen molar-refractivity contribution < 1.29 is 9.47 Å². The molecule has 0 atom stereocenters. The van der Waals surface area contributed by atoms with Gasteiger partial charge in [-0.25, -0.2) is 0 Å². The van der Waals surface area contributed by atoms with E-state index in [4.69, 9.17) is 15.2 Å². The van der Waals surface area contributed by atoms with Crippen molar-refractivity contribution in [3.63, 3.8) is 0 Å². The molecule has 0 radical (unpaired) electrons. The zero-order valence-corrected chi connectivity index (χ0v) is 10.2. The lowest BCUT2D eigenvalue weighted by molar-refractivity contribution is 0.270. The Morgan fingerprint density at radius 1 is 1.31 bits per heavy atom. The Bertz CT molecular complexity index is 327. The molecular formula is C12H20N2O2. The fraction of sp³-hybridized carbons (Fsp3) is 0.583. The molecule has 0 aromatic carbocycles. The lowest BCUT2D eigenvalue weighted by Gasteiger charge is -2.10. The van der Waals surface area contributed by atoms with Crippen LogP contribution in [-0.4, -0.2) is 18.2 Å². The summed E-state index contributed by atoms with van der Waals surface area (Å²) in [5.74, 6) is 1.64. The van der Waals surface area contributed by atoms with E-state index in [-0.39, 0.29) is 0 Å². The van der Waals surface area contributed by atoms with Crippen molar-refractivity contribution in [3.05, 3.63) is 12.1 Å². The number of aromatic nitrogens is 1. The molecule has 1 aromatic rings. The molecule has 2 N–H and O–H groups in total. The monoisotopic (exact) mass is 224 g/mol. The van der Waals surface area contributed by atoms with Gasteiger partial charge in [-0.2, -0.15) is 4.98 Å². The van der Waals surface area contributed by atoms with Crippen molar-refractivity contribution in [1.29, 1.82) is 0 Å². The summed E-state index contributed by atoms with van der Waals surface area (Å²) in [7, 11) is 0. The van der Waals surface area contributed by atoms with Gasteiger partial charge in [0.15, 0.2) is 0 Å². The maximum Gasteiger partial charge on any atom is 0.240 e. The van der Waals surface area contributed by atoms with Crippen LogP contribution in [-0.2, 0) is 0 Å². The topological polar surface area (TPSA) is 57.4 Å². The Hall–Kier alpha value is -1.45. The molecule has 0 spiro atoms. The zero-order chi connectivity index (χ0) is 12.0. The van der Waals surface area contributed by atoms with Crippen molar-refractivity contribution in [2.75, 3.05) is 18.9 Å². The van der Waals surface area contributed by atoms with Gasteiger partial charge in [-0.15, -0.1) is 0 Å². The Morgan fingerprint density at radius 3 is 2.69 bits per heavy atom. The van der Waals surface area contributed by atoms with Crippen LogP contribution >= 0.6 is 0 Å². The highest BCUT2D eigenvalue weighted by Gasteiger charge is 2.04. The summed E-state index contributed by atoms with van der Waals surface area (Å²) in [6.45, 7) is 7.43. The normalized spacial score (nSPS) is 10.5. The fourth-order valence-corrected chi connectivity index (χ4v) is 1.17. The molecule has 0 amide bonds. The third-order valence-electron chi connectivity index (χ3n) is 2.09. The summed E-state index contributed by atoms with van der Waals surface area (Å²) in [6.07, 6.45) is 1.01. The largest absolute Gasteiger partial charge is 0.478 e. The van der Waals surface area contributed by atoms with Gasteiger partial charge >= 0.3 is 0 Å². The van der Waals surface area contributed by atoms with Crippen LogP contribution in [0.25, 0.3) is 0 Å². The highest BCUT2D eigenvalue weighted by Crippen LogP contribution is 2.22. The fourth-order valence-electron chi connectivity index (χ4n) is 1.17. The van der Waals surface area contributed by atoms with Crippen LogP contribution in [0.15, 0.2) is 12.1 Å². The quantitative estimate of drug-likeness (QED) is 0.806. The van der Waals surface area contributed by atoms with Crippen LogP contribution in [0.4, 0.5) is 5.69 Å². The number of hydrogen-bond donors (Lipinski definition) is 1. The average molecular weight is 224 g/mol. The predicted octanol–water partition coefficient (Wildman–Crippen LogP) is 2.49. The van der Waals surface area contributed by atoms with Crippen LogP contribution in [0.5, 0.6) is 11.8 Å². The molecule has 0 unspecified atom stereocenters. The number of ether oxygens (including phenoxy) is 2. The second-order valence-corrected chi connectivity index (χ2v) is 4.01. The van der Waals surface area contributed by atoms with Crippen molar-refractivity contribution in [3.8, 4) is 11.8 Å². The van der Waals surface area contributed by atoms with Crippen molar-refractivity contribution >= 4 is 5.69 Å². The standard InChI is InChI=1S/C12H20N2O2/c1-4-15-12-10(13)5-6-11(14-12)16-8-7-9(2)3/h5-6,9H,4,7-8,13H2,1-3H3. The van der Waals surface area contributed by atoms with Gasteiger partial charge in [-0.1, -0.05) is 13.8 Å². The van der Waals surface area contributed by atoms with Gasteiger partial charge in [0.2, 0.25) is 11.8 Å². The predicted molar refractivity (Wildman–Crippen MR) is 64.8 cm³/mol. The van der Waals surface area contributed by atoms with E-state index in [0.29, 0.717) is 36.6 Å². The summed E-state index contributed by atoms with van der Waals surface area (Å²) < 4.78 is 10.8. The lowest BCUT2D eigenvalue weighted by Crippen LogP contribution is -2.05. The van der Waals surface area contributed by atoms with Crippen molar-refractivity contribution in [1.82, 2.24) is 4.98 Å². The maximum atomic E-state index is 5.71. The van der Waals surface area contributed by atoms with E-state index in [0.717, 1.165) is 6.42 Å². The molecule has 16 heavy (non-hydrogen) atoms. The molecule has 0 bridgehead atoms. The van der Waals surface area contributed by atoms with Crippen molar-refractivity contribution in [2.24, 2.45) is 5.92 Å².